The van der Waals surface area contributed by atoms with Crippen LogP contribution >= 0.6 is 15.9 Å². The van der Waals surface area contributed by atoms with Crippen LogP contribution in [0.25, 0.3) is 0 Å². The SMILES string of the molecule is CC(C)C[C@H](N)C(=O)N1CCOC(c2ccc(Br)cc2)C1. The zero-order valence-electron chi connectivity index (χ0n) is 12.6. The number of morpholine rings is 1. The maximum atomic E-state index is 12.4. The summed E-state index contributed by atoms with van der Waals surface area (Å²) in [7, 11) is 0. The number of ether oxygens (including phenoxy) is 1. The maximum Gasteiger partial charge on any atom is 0.239 e. The molecule has 1 aliphatic heterocycles. The Hall–Kier alpha value is -0.910. The van der Waals surface area contributed by atoms with Gasteiger partial charge >= 0.3 is 0 Å². The van der Waals surface area contributed by atoms with Crippen molar-refractivity contribution in [3.8, 4) is 0 Å². The van der Waals surface area contributed by atoms with Gasteiger partial charge < -0.3 is 15.4 Å². The van der Waals surface area contributed by atoms with Crippen molar-refractivity contribution in [2.24, 2.45) is 11.7 Å². The number of nitrogens with two attached hydrogens (primary N) is 1. The van der Waals surface area contributed by atoms with E-state index in [1.807, 2.05) is 29.2 Å². The Morgan fingerprint density at radius 3 is 2.71 bits per heavy atom. The van der Waals surface area contributed by atoms with E-state index in [-0.39, 0.29) is 12.0 Å². The Morgan fingerprint density at radius 1 is 1.43 bits per heavy atom. The first-order chi connectivity index (χ1) is 9.97. The molecule has 1 unspecified atom stereocenters. The molecule has 1 fully saturated rings. The fourth-order valence-electron chi connectivity index (χ4n) is 2.57. The summed E-state index contributed by atoms with van der Waals surface area (Å²) in [6.07, 6.45) is 0.654. The third-order valence-electron chi connectivity index (χ3n) is 3.66. The summed E-state index contributed by atoms with van der Waals surface area (Å²) in [6, 6.07) is 7.62. The standard InChI is InChI=1S/C16H23BrN2O2/c1-11(2)9-14(18)16(20)19-7-8-21-15(10-19)12-3-5-13(17)6-4-12/h3-6,11,14-15H,7-10,18H2,1-2H3/t14-,15?/m0/s1. The van der Waals surface area contributed by atoms with Crippen LogP contribution in [-0.2, 0) is 9.53 Å². The van der Waals surface area contributed by atoms with Gasteiger partial charge in [-0.25, -0.2) is 0 Å². The van der Waals surface area contributed by atoms with Crippen molar-refractivity contribution in [2.75, 3.05) is 19.7 Å². The number of hydrogen-bond donors (Lipinski definition) is 1. The fraction of sp³-hybridized carbons (Fsp3) is 0.562. The molecule has 0 bridgehead atoms. The van der Waals surface area contributed by atoms with E-state index in [2.05, 4.69) is 29.8 Å². The number of hydrogen-bond acceptors (Lipinski definition) is 3. The predicted octanol–water partition coefficient (Wildman–Crippen LogP) is 2.72. The normalized spacial score (nSPS) is 20.6. The number of benzene rings is 1. The Labute approximate surface area is 134 Å². The molecule has 5 heteroatoms. The highest BCUT2D eigenvalue weighted by atomic mass is 79.9. The molecule has 1 aliphatic rings. The molecule has 2 N–H and O–H groups in total. The molecule has 2 atom stereocenters. The Balaban J connectivity index is 2.00. The molecule has 4 nitrogen and oxygen atoms in total. The lowest BCUT2D eigenvalue weighted by molar-refractivity contribution is -0.140. The number of carbonyl (C=O) groups excluding carboxylic acids is 1. The van der Waals surface area contributed by atoms with Crippen LogP contribution in [0.15, 0.2) is 28.7 Å². The zero-order valence-corrected chi connectivity index (χ0v) is 14.2. The first-order valence-corrected chi connectivity index (χ1v) is 8.18. The van der Waals surface area contributed by atoms with E-state index in [0.29, 0.717) is 25.6 Å². The molecule has 0 aromatic heterocycles. The first kappa shape index (κ1) is 16.5. The van der Waals surface area contributed by atoms with Gasteiger partial charge in [-0.05, 0) is 30.0 Å². The van der Waals surface area contributed by atoms with Gasteiger partial charge in [0.25, 0.3) is 0 Å². The van der Waals surface area contributed by atoms with Gasteiger partial charge in [0.1, 0.15) is 6.10 Å². The molecule has 0 spiro atoms. The third kappa shape index (κ3) is 4.53. The van der Waals surface area contributed by atoms with E-state index in [9.17, 15) is 4.79 Å². The van der Waals surface area contributed by atoms with E-state index < -0.39 is 6.04 Å². The van der Waals surface area contributed by atoms with Crippen molar-refractivity contribution in [1.29, 1.82) is 0 Å². The summed E-state index contributed by atoms with van der Waals surface area (Å²) in [4.78, 5) is 14.2. The zero-order chi connectivity index (χ0) is 15.4. The number of carbonyl (C=O) groups is 1. The van der Waals surface area contributed by atoms with Gasteiger partial charge in [-0.1, -0.05) is 41.9 Å². The smallest absolute Gasteiger partial charge is 0.239 e. The summed E-state index contributed by atoms with van der Waals surface area (Å²) in [5.41, 5.74) is 7.11. The second-order valence-corrected chi connectivity index (χ2v) is 6.85. The number of rotatable bonds is 4. The molecule has 0 saturated carbocycles. The second kappa shape index (κ2) is 7.38. The van der Waals surface area contributed by atoms with Gasteiger partial charge in [0.15, 0.2) is 0 Å². The third-order valence-corrected chi connectivity index (χ3v) is 4.19. The minimum absolute atomic E-state index is 0.0362. The van der Waals surface area contributed by atoms with E-state index >= 15 is 0 Å². The number of amides is 1. The van der Waals surface area contributed by atoms with Gasteiger partial charge in [0.05, 0.1) is 19.2 Å². The highest BCUT2D eigenvalue weighted by molar-refractivity contribution is 9.10. The van der Waals surface area contributed by atoms with E-state index in [1.165, 1.54) is 0 Å². The molecule has 0 radical (unpaired) electrons. The highest BCUT2D eigenvalue weighted by Gasteiger charge is 2.28. The summed E-state index contributed by atoms with van der Waals surface area (Å²) in [5, 5.41) is 0. The molecule has 0 aliphatic carbocycles. The lowest BCUT2D eigenvalue weighted by Crippen LogP contribution is -2.49. The van der Waals surface area contributed by atoms with E-state index in [4.69, 9.17) is 10.5 Å². The summed E-state index contributed by atoms with van der Waals surface area (Å²) in [5.74, 6) is 0.460. The lowest BCUT2D eigenvalue weighted by Gasteiger charge is -2.34. The van der Waals surface area contributed by atoms with Gasteiger partial charge in [0, 0.05) is 11.0 Å². The summed E-state index contributed by atoms with van der Waals surface area (Å²) in [6.45, 7) is 5.92. The van der Waals surface area contributed by atoms with Crippen LogP contribution in [0.3, 0.4) is 0 Å². The molecular formula is C16H23BrN2O2. The summed E-state index contributed by atoms with van der Waals surface area (Å²) >= 11 is 3.42. The average molecular weight is 355 g/mol. The Morgan fingerprint density at radius 2 is 2.10 bits per heavy atom. The number of nitrogens with zero attached hydrogens (tertiary/aromatic N) is 1. The Kier molecular flexibility index (Phi) is 5.79. The quantitative estimate of drug-likeness (QED) is 0.904. The van der Waals surface area contributed by atoms with Gasteiger partial charge in [-0.2, -0.15) is 0 Å². The van der Waals surface area contributed by atoms with Crippen LogP contribution in [-0.4, -0.2) is 36.5 Å². The average Bonchev–Trinajstić information content (AvgIpc) is 2.46. The van der Waals surface area contributed by atoms with Crippen molar-refractivity contribution >= 4 is 21.8 Å². The lowest BCUT2D eigenvalue weighted by atomic mass is 10.0. The highest BCUT2D eigenvalue weighted by Crippen LogP contribution is 2.24. The molecule has 1 saturated heterocycles. The molecule has 1 heterocycles. The maximum absolute atomic E-state index is 12.4. The molecule has 1 aromatic rings. The van der Waals surface area contributed by atoms with Crippen LogP contribution in [0.5, 0.6) is 0 Å². The van der Waals surface area contributed by atoms with Crippen LogP contribution in [0.1, 0.15) is 31.9 Å². The van der Waals surface area contributed by atoms with Crippen LogP contribution in [0.2, 0.25) is 0 Å². The van der Waals surface area contributed by atoms with Crippen molar-refractivity contribution in [3.63, 3.8) is 0 Å². The second-order valence-electron chi connectivity index (χ2n) is 5.93. The minimum atomic E-state index is -0.409. The molecular weight excluding hydrogens is 332 g/mol. The Bertz CT molecular complexity index is 476. The van der Waals surface area contributed by atoms with Crippen LogP contribution in [0, 0.1) is 5.92 Å². The first-order valence-electron chi connectivity index (χ1n) is 7.39. The monoisotopic (exact) mass is 354 g/mol. The van der Waals surface area contributed by atoms with Crippen molar-refractivity contribution in [1.82, 2.24) is 4.90 Å². The van der Waals surface area contributed by atoms with Crippen molar-refractivity contribution in [2.45, 2.75) is 32.4 Å². The molecule has 21 heavy (non-hydrogen) atoms. The number of halogens is 1. The summed E-state index contributed by atoms with van der Waals surface area (Å²) < 4.78 is 6.83. The minimum Gasteiger partial charge on any atom is -0.370 e. The van der Waals surface area contributed by atoms with Gasteiger partial charge in [-0.3, -0.25) is 4.79 Å². The van der Waals surface area contributed by atoms with Crippen molar-refractivity contribution in [3.05, 3.63) is 34.3 Å². The predicted molar refractivity (Wildman–Crippen MR) is 86.8 cm³/mol. The largest absolute Gasteiger partial charge is 0.370 e. The molecule has 116 valence electrons. The fourth-order valence-corrected chi connectivity index (χ4v) is 2.84. The topological polar surface area (TPSA) is 55.6 Å². The molecule has 1 amide bonds. The van der Waals surface area contributed by atoms with Gasteiger partial charge in [-0.15, -0.1) is 0 Å². The van der Waals surface area contributed by atoms with Crippen molar-refractivity contribution < 1.29 is 9.53 Å². The van der Waals surface area contributed by atoms with E-state index in [0.717, 1.165) is 16.5 Å². The van der Waals surface area contributed by atoms with Gasteiger partial charge in [0.2, 0.25) is 5.91 Å². The molecule has 1 aromatic carbocycles. The van der Waals surface area contributed by atoms with E-state index in [1.54, 1.807) is 0 Å². The molecule has 2 rings (SSSR count). The van der Waals surface area contributed by atoms with Crippen LogP contribution in [0.4, 0.5) is 0 Å². The van der Waals surface area contributed by atoms with Crippen LogP contribution < -0.4 is 5.73 Å².